The molecule has 2 fully saturated rings. The first-order valence-electron chi connectivity index (χ1n) is 8.89. The van der Waals surface area contributed by atoms with E-state index in [9.17, 15) is 9.18 Å². The number of carbonyl (C=O) groups is 1. The SMILES string of the molecule is O=C(c1ccccc1F)N1CCC2C(CCN2Cc2cccnc2)C1. The molecule has 2 unspecified atom stereocenters. The van der Waals surface area contributed by atoms with Gasteiger partial charge in [0.1, 0.15) is 5.82 Å². The van der Waals surface area contributed by atoms with Crippen LogP contribution in [0.3, 0.4) is 0 Å². The Morgan fingerprint density at radius 1 is 1.16 bits per heavy atom. The number of rotatable bonds is 3. The van der Waals surface area contributed by atoms with Crippen molar-refractivity contribution in [2.24, 2.45) is 5.92 Å². The van der Waals surface area contributed by atoms with Gasteiger partial charge < -0.3 is 4.90 Å². The van der Waals surface area contributed by atoms with E-state index in [2.05, 4.69) is 16.0 Å². The fourth-order valence-corrected chi connectivity index (χ4v) is 4.19. The first-order chi connectivity index (χ1) is 12.2. The Bertz CT molecular complexity index is 752. The van der Waals surface area contributed by atoms with E-state index >= 15 is 0 Å². The molecule has 4 rings (SSSR count). The van der Waals surface area contributed by atoms with Crippen LogP contribution < -0.4 is 0 Å². The third-order valence-electron chi connectivity index (χ3n) is 5.45. The fourth-order valence-electron chi connectivity index (χ4n) is 4.19. The van der Waals surface area contributed by atoms with Crippen LogP contribution in [0.4, 0.5) is 4.39 Å². The zero-order chi connectivity index (χ0) is 17.2. The molecule has 3 heterocycles. The molecule has 1 aromatic heterocycles. The highest BCUT2D eigenvalue weighted by molar-refractivity contribution is 5.94. The van der Waals surface area contributed by atoms with Crippen LogP contribution in [0.5, 0.6) is 0 Å². The number of nitrogens with zero attached hydrogens (tertiary/aromatic N) is 3. The van der Waals surface area contributed by atoms with Gasteiger partial charge in [-0.2, -0.15) is 0 Å². The third-order valence-corrected chi connectivity index (χ3v) is 5.45. The molecule has 2 atom stereocenters. The number of piperidine rings is 1. The molecule has 4 nitrogen and oxygen atoms in total. The van der Waals surface area contributed by atoms with Crippen molar-refractivity contribution in [1.29, 1.82) is 0 Å². The number of hydrogen-bond acceptors (Lipinski definition) is 3. The van der Waals surface area contributed by atoms with E-state index in [1.807, 2.05) is 17.2 Å². The standard InChI is InChI=1S/C20H22FN3O/c21-18-6-2-1-5-17(18)20(25)24-11-8-19-16(14-24)7-10-23(19)13-15-4-3-9-22-12-15/h1-6,9,12,16,19H,7-8,10-11,13-14H2. The molecule has 0 bridgehead atoms. The lowest BCUT2D eigenvalue weighted by atomic mass is 9.92. The molecule has 0 saturated carbocycles. The van der Waals surface area contributed by atoms with Gasteiger partial charge in [0.25, 0.3) is 5.91 Å². The topological polar surface area (TPSA) is 36.4 Å². The van der Waals surface area contributed by atoms with E-state index in [1.54, 1.807) is 24.4 Å². The maximum atomic E-state index is 13.9. The molecule has 1 amide bonds. The highest BCUT2D eigenvalue weighted by Crippen LogP contribution is 2.33. The average Bonchev–Trinajstić information content (AvgIpc) is 3.04. The zero-order valence-electron chi connectivity index (χ0n) is 14.1. The van der Waals surface area contributed by atoms with Crippen molar-refractivity contribution in [3.8, 4) is 0 Å². The first kappa shape index (κ1) is 16.2. The highest BCUT2D eigenvalue weighted by Gasteiger charge is 2.39. The molecule has 2 aromatic rings. The summed E-state index contributed by atoms with van der Waals surface area (Å²) in [5.41, 5.74) is 1.42. The molecule has 0 spiro atoms. The van der Waals surface area contributed by atoms with Crippen molar-refractivity contribution < 1.29 is 9.18 Å². The molecule has 2 aliphatic heterocycles. The van der Waals surface area contributed by atoms with E-state index in [0.29, 0.717) is 18.5 Å². The number of benzene rings is 1. The fraction of sp³-hybridized carbons (Fsp3) is 0.400. The molecule has 1 aromatic carbocycles. The number of hydrogen-bond donors (Lipinski definition) is 0. The van der Waals surface area contributed by atoms with Crippen molar-refractivity contribution in [3.05, 3.63) is 65.7 Å². The summed E-state index contributed by atoms with van der Waals surface area (Å²) in [7, 11) is 0. The predicted octanol–water partition coefficient (Wildman–Crippen LogP) is 2.96. The van der Waals surface area contributed by atoms with Gasteiger partial charge >= 0.3 is 0 Å². The Hall–Kier alpha value is -2.27. The van der Waals surface area contributed by atoms with Gasteiger partial charge in [-0.3, -0.25) is 14.7 Å². The second-order valence-electron chi connectivity index (χ2n) is 6.97. The van der Waals surface area contributed by atoms with Crippen LogP contribution in [0.2, 0.25) is 0 Å². The van der Waals surface area contributed by atoms with Crippen LogP contribution in [-0.2, 0) is 6.54 Å². The molecular formula is C20H22FN3O. The van der Waals surface area contributed by atoms with E-state index in [1.165, 1.54) is 11.6 Å². The van der Waals surface area contributed by atoms with E-state index in [4.69, 9.17) is 0 Å². The summed E-state index contributed by atoms with van der Waals surface area (Å²) in [6, 6.07) is 10.8. The Balaban J connectivity index is 1.42. The van der Waals surface area contributed by atoms with Crippen LogP contribution >= 0.6 is 0 Å². The number of halogens is 1. The summed E-state index contributed by atoms with van der Waals surface area (Å²) in [4.78, 5) is 21.2. The minimum atomic E-state index is -0.431. The Morgan fingerprint density at radius 2 is 2.04 bits per heavy atom. The Kier molecular flexibility index (Phi) is 4.49. The maximum absolute atomic E-state index is 13.9. The van der Waals surface area contributed by atoms with Crippen molar-refractivity contribution in [3.63, 3.8) is 0 Å². The molecule has 2 saturated heterocycles. The number of pyridine rings is 1. The second kappa shape index (κ2) is 6.92. The van der Waals surface area contributed by atoms with Crippen molar-refractivity contribution in [1.82, 2.24) is 14.8 Å². The largest absolute Gasteiger partial charge is 0.338 e. The molecule has 0 N–H and O–H groups in total. The molecule has 25 heavy (non-hydrogen) atoms. The van der Waals surface area contributed by atoms with Crippen LogP contribution in [0.15, 0.2) is 48.8 Å². The van der Waals surface area contributed by atoms with Gasteiger partial charge in [0.2, 0.25) is 0 Å². The van der Waals surface area contributed by atoms with Crippen LogP contribution in [0.1, 0.15) is 28.8 Å². The third kappa shape index (κ3) is 3.29. The summed E-state index contributed by atoms with van der Waals surface area (Å²) < 4.78 is 13.9. The smallest absolute Gasteiger partial charge is 0.256 e. The quantitative estimate of drug-likeness (QED) is 0.863. The Morgan fingerprint density at radius 3 is 2.84 bits per heavy atom. The van der Waals surface area contributed by atoms with Crippen LogP contribution in [-0.4, -0.2) is 46.4 Å². The highest BCUT2D eigenvalue weighted by atomic mass is 19.1. The molecule has 2 aliphatic rings. The van der Waals surface area contributed by atoms with Gasteiger partial charge in [-0.15, -0.1) is 0 Å². The summed E-state index contributed by atoms with van der Waals surface area (Å²) >= 11 is 0. The predicted molar refractivity (Wildman–Crippen MR) is 93.5 cm³/mol. The zero-order valence-corrected chi connectivity index (χ0v) is 14.1. The van der Waals surface area contributed by atoms with Gasteiger partial charge in [0.15, 0.2) is 0 Å². The lowest BCUT2D eigenvalue weighted by Gasteiger charge is -2.38. The maximum Gasteiger partial charge on any atom is 0.256 e. The van der Waals surface area contributed by atoms with Crippen LogP contribution in [0.25, 0.3) is 0 Å². The lowest BCUT2D eigenvalue weighted by molar-refractivity contribution is 0.0587. The van der Waals surface area contributed by atoms with Gasteiger partial charge in [0.05, 0.1) is 5.56 Å². The second-order valence-corrected chi connectivity index (χ2v) is 6.97. The first-order valence-corrected chi connectivity index (χ1v) is 8.89. The van der Waals surface area contributed by atoms with E-state index in [-0.39, 0.29) is 11.5 Å². The average molecular weight is 339 g/mol. The summed E-state index contributed by atoms with van der Waals surface area (Å²) in [5.74, 6) is -0.136. The van der Waals surface area contributed by atoms with Gasteiger partial charge in [0, 0.05) is 38.1 Å². The minimum absolute atomic E-state index is 0.178. The number of fused-ring (bicyclic) bond motifs is 1. The monoisotopic (exact) mass is 339 g/mol. The molecule has 0 radical (unpaired) electrons. The number of carbonyl (C=O) groups excluding carboxylic acids is 1. The molecular weight excluding hydrogens is 317 g/mol. The van der Waals surface area contributed by atoms with Crippen LogP contribution in [0, 0.1) is 11.7 Å². The number of likely N-dealkylation sites (tertiary alicyclic amines) is 2. The summed E-state index contributed by atoms with van der Waals surface area (Å²) in [5, 5.41) is 0. The normalized spacial score (nSPS) is 23.5. The molecule has 5 heteroatoms. The summed E-state index contributed by atoms with van der Waals surface area (Å²) in [6.45, 7) is 3.38. The summed E-state index contributed by atoms with van der Waals surface area (Å²) in [6.07, 6.45) is 5.75. The number of amides is 1. The van der Waals surface area contributed by atoms with Gasteiger partial charge in [-0.1, -0.05) is 18.2 Å². The van der Waals surface area contributed by atoms with Crippen molar-refractivity contribution in [2.75, 3.05) is 19.6 Å². The van der Waals surface area contributed by atoms with E-state index < -0.39 is 5.82 Å². The molecule has 130 valence electrons. The molecule has 0 aliphatic carbocycles. The van der Waals surface area contributed by atoms with Gasteiger partial charge in [-0.05, 0) is 49.1 Å². The van der Waals surface area contributed by atoms with E-state index in [0.717, 1.165) is 32.5 Å². The minimum Gasteiger partial charge on any atom is -0.338 e. The van der Waals surface area contributed by atoms with Gasteiger partial charge in [-0.25, -0.2) is 4.39 Å². The van der Waals surface area contributed by atoms with Crippen molar-refractivity contribution >= 4 is 5.91 Å². The Labute approximate surface area is 147 Å². The lowest BCUT2D eigenvalue weighted by Crippen LogP contribution is -2.48. The van der Waals surface area contributed by atoms with Crippen molar-refractivity contribution in [2.45, 2.75) is 25.4 Å². The number of aromatic nitrogens is 1.